The average Bonchev–Trinajstić information content (AvgIpc) is 2.59. The molecule has 2 aromatic rings. The summed E-state index contributed by atoms with van der Waals surface area (Å²) in [5.41, 5.74) is 1.59. The van der Waals surface area contributed by atoms with Gasteiger partial charge in [0.05, 0.1) is 5.56 Å². The van der Waals surface area contributed by atoms with Gasteiger partial charge in [0.25, 0.3) is 0 Å². The maximum Gasteiger partial charge on any atom is 0.371 e. The Labute approximate surface area is 85.1 Å². The standard InChI is InChI=1S/C11H8O4/c1-6-2-7-4-9(11(13)14)15-10(7)8(3-6)5-12/h2-5H,1H3,(H,13,14). The van der Waals surface area contributed by atoms with E-state index in [1.54, 1.807) is 12.1 Å². The van der Waals surface area contributed by atoms with Gasteiger partial charge in [-0.1, -0.05) is 0 Å². The minimum Gasteiger partial charge on any atom is -0.475 e. The zero-order chi connectivity index (χ0) is 11.0. The zero-order valence-electron chi connectivity index (χ0n) is 7.98. The van der Waals surface area contributed by atoms with Crippen molar-refractivity contribution in [1.29, 1.82) is 0 Å². The van der Waals surface area contributed by atoms with Crippen molar-refractivity contribution in [3.8, 4) is 0 Å². The van der Waals surface area contributed by atoms with Crippen molar-refractivity contribution >= 4 is 23.2 Å². The molecule has 76 valence electrons. The van der Waals surface area contributed by atoms with Crippen molar-refractivity contribution < 1.29 is 19.1 Å². The number of fused-ring (bicyclic) bond motifs is 1. The summed E-state index contributed by atoms with van der Waals surface area (Å²) in [7, 11) is 0. The fraction of sp³-hybridized carbons (Fsp3) is 0.0909. The van der Waals surface area contributed by atoms with Crippen molar-refractivity contribution in [3.63, 3.8) is 0 Å². The van der Waals surface area contributed by atoms with Crippen LogP contribution in [0.25, 0.3) is 11.0 Å². The molecule has 0 radical (unpaired) electrons. The first-order valence-electron chi connectivity index (χ1n) is 4.34. The van der Waals surface area contributed by atoms with Crippen LogP contribution in [0.3, 0.4) is 0 Å². The summed E-state index contributed by atoms with van der Waals surface area (Å²) in [5.74, 6) is -1.29. The predicted octanol–water partition coefficient (Wildman–Crippen LogP) is 2.25. The quantitative estimate of drug-likeness (QED) is 0.762. The van der Waals surface area contributed by atoms with Crippen molar-refractivity contribution in [3.05, 3.63) is 35.1 Å². The number of carboxylic acid groups (broad SMARTS) is 1. The molecule has 0 unspecified atom stereocenters. The van der Waals surface area contributed by atoms with Crippen LogP contribution in [0.2, 0.25) is 0 Å². The highest BCUT2D eigenvalue weighted by molar-refractivity contribution is 5.98. The molecule has 0 aliphatic carbocycles. The Bertz CT molecular complexity index is 551. The highest BCUT2D eigenvalue weighted by atomic mass is 16.4. The lowest BCUT2D eigenvalue weighted by atomic mass is 10.1. The van der Waals surface area contributed by atoms with Crippen molar-refractivity contribution in [2.75, 3.05) is 0 Å². The summed E-state index contributed by atoms with van der Waals surface area (Å²) in [6, 6.07) is 4.85. The molecular weight excluding hydrogens is 196 g/mol. The van der Waals surface area contributed by atoms with Crippen molar-refractivity contribution in [2.45, 2.75) is 6.92 Å². The lowest BCUT2D eigenvalue weighted by Gasteiger charge is -1.95. The molecule has 1 heterocycles. The fourth-order valence-corrected chi connectivity index (χ4v) is 1.53. The molecule has 2 rings (SSSR count). The number of aromatic carboxylic acids is 1. The summed E-state index contributed by atoms with van der Waals surface area (Å²) in [6.45, 7) is 1.83. The highest BCUT2D eigenvalue weighted by Crippen LogP contribution is 2.23. The Balaban J connectivity index is 2.79. The van der Waals surface area contributed by atoms with E-state index in [9.17, 15) is 9.59 Å². The molecule has 0 amide bonds. The minimum atomic E-state index is -1.14. The highest BCUT2D eigenvalue weighted by Gasteiger charge is 2.13. The third-order valence-electron chi connectivity index (χ3n) is 2.13. The molecular formula is C11H8O4. The molecule has 0 atom stereocenters. The molecule has 4 nitrogen and oxygen atoms in total. The van der Waals surface area contributed by atoms with E-state index in [0.29, 0.717) is 22.8 Å². The number of benzene rings is 1. The van der Waals surface area contributed by atoms with E-state index in [2.05, 4.69) is 0 Å². The van der Waals surface area contributed by atoms with E-state index in [-0.39, 0.29) is 5.76 Å². The van der Waals surface area contributed by atoms with Gasteiger partial charge in [0, 0.05) is 5.39 Å². The van der Waals surface area contributed by atoms with Crippen LogP contribution in [0, 0.1) is 6.92 Å². The molecule has 0 saturated carbocycles. The van der Waals surface area contributed by atoms with Gasteiger partial charge in [-0.15, -0.1) is 0 Å². The first kappa shape index (κ1) is 9.45. The van der Waals surface area contributed by atoms with E-state index in [1.165, 1.54) is 6.07 Å². The summed E-state index contributed by atoms with van der Waals surface area (Å²) < 4.78 is 5.08. The second-order valence-electron chi connectivity index (χ2n) is 3.31. The number of carboxylic acids is 1. The second kappa shape index (κ2) is 3.24. The normalized spacial score (nSPS) is 10.5. The van der Waals surface area contributed by atoms with Crippen LogP contribution in [0.15, 0.2) is 22.6 Å². The van der Waals surface area contributed by atoms with Crippen LogP contribution in [0.4, 0.5) is 0 Å². The minimum absolute atomic E-state index is 0.154. The van der Waals surface area contributed by atoms with Crippen molar-refractivity contribution in [1.82, 2.24) is 0 Å². The summed E-state index contributed by atoms with van der Waals surface area (Å²) >= 11 is 0. The number of hydrogen-bond acceptors (Lipinski definition) is 3. The average molecular weight is 204 g/mol. The van der Waals surface area contributed by atoms with Gasteiger partial charge in [-0.25, -0.2) is 4.79 Å². The van der Waals surface area contributed by atoms with Gasteiger partial charge in [-0.3, -0.25) is 4.79 Å². The van der Waals surface area contributed by atoms with E-state index in [0.717, 1.165) is 5.56 Å². The largest absolute Gasteiger partial charge is 0.475 e. The molecule has 1 aromatic heterocycles. The van der Waals surface area contributed by atoms with Crippen LogP contribution in [-0.2, 0) is 0 Å². The van der Waals surface area contributed by atoms with Gasteiger partial charge in [-0.2, -0.15) is 0 Å². The Kier molecular flexibility index (Phi) is 2.04. The Morgan fingerprint density at radius 2 is 2.13 bits per heavy atom. The molecule has 15 heavy (non-hydrogen) atoms. The molecule has 0 fully saturated rings. The van der Waals surface area contributed by atoms with E-state index in [1.807, 2.05) is 6.92 Å². The third-order valence-corrected chi connectivity index (χ3v) is 2.13. The molecule has 4 heteroatoms. The lowest BCUT2D eigenvalue weighted by molar-refractivity contribution is 0.0664. The van der Waals surface area contributed by atoms with Gasteiger partial charge in [0.1, 0.15) is 5.58 Å². The molecule has 1 aromatic carbocycles. The van der Waals surface area contributed by atoms with Crippen LogP contribution >= 0.6 is 0 Å². The Hall–Kier alpha value is -2.10. The van der Waals surface area contributed by atoms with Gasteiger partial charge in [0.2, 0.25) is 5.76 Å². The number of furan rings is 1. The smallest absolute Gasteiger partial charge is 0.371 e. The number of carbonyl (C=O) groups is 2. The molecule has 0 aliphatic heterocycles. The maximum absolute atomic E-state index is 10.7. The topological polar surface area (TPSA) is 67.5 Å². The summed E-state index contributed by atoms with van der Waals surface area (Å²) in [5, 5.41) is 9.37. The summed E-state index contributed by atoms with van der Waals surface area (Å²) in [6.07, 6.45) is 0.657. The van der Waals surface area contributed by atoms with Crippen LogP contribution in [0.5, 0.6) is 0 Å². The molecule has 0 bridgehead atoms. The van der Waals surface area contributed by atoms with E-state index in [4.69, 9.17) is 9.52 Å². The number of rotatable bonds is 2. The third kappa shape index (κ3) is 1.50. The second-order valence-corrected chi connectivity index (χ2v) is 3.31. The van der Waals surface area contributed by atoms with Gasteiger partial charge >= 0.3 is 5.97 Å². The first-order valence-corrected chi connectivity index (χ1v) is 4.34. The molecule has 1 N–H and O–H groups in total. The SMILES string of the molecule is Cc1cc(C=O)c2oc(C(=O)O)cc2c1. The monoisotopic (exact) mass is 204 g/mol. The van der Waals surface area contributed by atoms with E-state index >= 15 is 0 Å². The van der Waals surface area contributed by atoms with Gasteiger partial charge in [0.15, 0.2) is 6.29 Å². The fourth-order valence-electron chi connectivity index (χ4n) is 1.53. The van der Waals surface area contributed by atoms with Crippen LogP contribution in [-0.4, -0.2) is 17.4 Å². The molecule has 0 spiro atoms. The molecule has 0 saturated heterocycles. The number of carbonyl (C=O) groups excluding carboxylic acids is 1. The zero-order valence-corrected chi connectivity index (χ0v) is 7.98. The number of hydrogen-bond donors (Lipinski definition) is 1. The maximum atomic E-state index is 10.7. The summed E-state index contributed by atoms with van der Waals surface area (Å²) in [4.78, 5) is 21.4. The van der Waals surface area contributed by atoms with Crippen LogP contribution in [0.1, 0.15) is 26.5 Å². The Morgan fingerprint density at radius 3 is 2.73 bits per heavy atom. The van der Waals surface area contributed by atoms with Crippen LogP contribution < -0.4 is 0 Å². The van der Waals surface area contributed by atoms with Gasteiger partial charge < -0.3 is 9.52 Å². The predicted molar refractivity (Wildman–Crippen MR) is 53.3 cm³/mol. The van der Waals surface area contributed by atoms with E-state index < -0.39 is 5.97 Å². The first-order chi connectivity index (χ1) is 7.11. The molecule has 0 aliphatic rings. The van der Waals surface area contributed by atoms with Gasteiger partial charge in [-0.05, 0) is 30.7 Å². The lowest BCUT2D eigenvalue weighted by Crippen LogP contribution is -1.91. The number of aryl methyl sites for hydroxylation is 1. The Morgan fingerprint density at radius 1 is 1.40 bits per heavy atom. The number of aldehydes is 1. The van der Waals surface area contributed by atoms with Crippen molar-refractivity contribution in [2.24, 2.45) is 0 Å².